The Kier molecular flexibility index (Phi) is 3.78. The van der Waals surface area contributed by atoms with E-state index in [2.05, 4.69) is 6.58 Å². The Labute approximate surface area is 127 Å². The lowest BCUT2D eigenvalue weighted by Crippen LogP contribution is -2.01. The van der Waals surface area contributed by atoms with Crippen molar-refractivity contribution in [2.45, 2.75) is 6.10 Å². The topological polar surface area (TPSA) is 29.5 Å². The summed E-state index contributed by atoms with van der Waals surface area (Å²) in [5.74, 6) is 0.703. The molecular formula is C18H16O2S. The average molecular weight is 296 g/mol. The number of aliphatic hydroxyl groups is 1. The van der Waals surface area contributed by atoms with E-state index in [0.717, 1.165) is 26.1 Å². The highest BCUT2D eigenvalue weighted by atomic mass is 32.1. The minimum Gasteiger partial charge on any atom is -0.496 e. The highest BCUT2D eigenvalue weighted by Gasteiger charge is 2.20. The van der Waals surface area contributed by atoms with E-state index in [1.807, 2.05) is 48.5 Å². The second kappa shape index (κ2) is 5.72. The molecule has 1 aromatic heterocycles. The molecule has 106 valence electrons. The Hall–Kier alpha value is -2.10. The maximum atomic E-state index is 10.8. The number of hydrogen-bond acceptors (Lipinski definition) is 3. The Bertz CT molecular complexity index is 789. The summed E-state index contributed by atoms with van der Waals surface area (Å²) in [5.41, 5.74) is 0.813. The summed E-state index contributed by atoms with van der Waals surface area (Å²) in [6, 6.07) is 15.8. The summed E-state index contributed by atoms with van der Waals surface area (Å²) in [5, 5.41) is 12.9. The van der Waals surface area contributed by atoms with Gasteiger partial charge < -0.3 is 9.84 Å². The fourth-order valence-corrected chi connectivity index (χ4v) is 3.36. The van der Waals surface area contributed by atoms with E-state index in [1.54, 1.807) is 13.2 Å². The molecular weight excluding hydrogens is 280 g/mol. The van der Waals surface area contributed by atoms with Gasteiger partial charge in [-0.25, -0.2) is 0 Å². The van der Waals surface area contributed by atoms with Gasteiger partial charge in [0.2, 0.25) is 0 Å². The van der Waals surface area contributed by atoms with E-state index in [-0.39, 0.29) is 0 Å². The van der Waals surface area contributed by atoms with Crippen molar-refractivity contribution >= 4 is 28.2 Å². The summed E-state index contributed by atoms with van der Waals surface area (Å²) in [6.45, 7) is 3.76. The van der Waals surface area contributed by atoms with Gasteiger partial charge in [0, 0.05) is 15.3 Å². The van der Waals surface area contributed by atoms with E-state index < -0.39 is 6.10 Å². The molecule has 1 heterocycles. The minimum absolute atomic E-state index is 0.703. The van der Waals surface area contributed by atoms with Gasteiger partial charge in [0.05, 0.1) is 7.11 Å². The Balaban J connectivity index is 2.19. The molecule has 1 N–H and O–H groups in total. The molecule has 3 heteroatoms. The van der Waals surface area contributed by atoms with Crippen molar-refractivity contribution in [3.8, 4) is 5.75 Å². The van der Waals surface area contributed by atoms with Crippen molar-refractivity contribution < 1.29 is 9.84 Å². The third-order valence-electron chi connectivity index (χ3n) is 3.54. The number of thiophene rings is 1. The van der Waals surface area contributed by atoms with Crippen molar-refractivity contribution in [1.82, 2.24) is 0 Å². The Morgan fingerprint density at radius 3 is 2.67 bits per heavy atom. The lowest BCUT2D eigenvalue weighted by Gasteiger charge is -2.16. The second-order valence-electron chi connectivity index (χ2n) is 4.75. The third-order valence-corrected chi connectivity index (χ3v) is 4.68. The standard InChI is InChI=1S/C18H16O2S/c1-3-13-9-11-16(21-13)18(19)17-14-7-5-4-6-12(14)8-10-15(17)20-2/h3-11,18-19H,1H2,2H3. The highest BCUT2D eigenvalue weighted by molar-refractivity contribution is 7.13. The zero-order chi connectivity index (χ0) is 14.8. The van der Waals surface area contributed by atoms with Gasteiger partial charge in [-0.2, -0.15) is 0 Å². The van der Waals surface area contributed by atoms with Crippen LogP contribution in [0.25, 0.3) is 16.8 Å². The van der Waals surface area contributed by atoms with Gasteiger partial charge in [-0.05, 0) is 29.0 Å². The van der Waals surface area contributed by atoms with Crippen LogP contribution in [0.15, 0.2) is 55.1 Å². The highest BCUT2D eigenvalue weighted by Crippen LogP contribution is 2.38. The predicted octanol–water partition coefficient (Wildman–Crippen LogP) is 4.63. The smallest absolute Gasteiger partial charge is 0.125 e. The van der Waals surface area contributed by atoms with Crippen molar-refractivity contribution in [2.24, 2.45) is 0 Å². The van der Waals surface area contributed by atoms with Crippen LogP contribution < -0.4 is 4.74 Å². The molecule has 3 rings (SSSR count). The van der Waals surface area contributed by atoms with Crippen LogP contribution in [-0.4, -0.2) is 12.2 Å². The van der Waals surface area contributed by atoms with Gasteiger partial charge in [0.25, 0.3) is 0 Å². The molecule has 0 spiro atoms. The fraction of sp³-hybridized carbons (Fsp3) is 0.111. The molecule has 0 amide bonds. The van der Waals surface area contributed by atoms with Gasteiger partial charge in [0.15, 0.2) is 0 Å². The first-order chi connectivity index (χ1) is 10.2. The lowest BCUT2D eigenvalue weighted by molar-refractivity contribution is 0.220. The molecule has 1 atom stereocenters. The van der Waals surface area contributed by atoms with Crippen LogP contribution in [0.4, 0.5) is 0 Å². The molecule has 0 aliphatic carbocycles. The molecule has 1 unspecified atom stereocenters. The predicted molar refractivity (Wildman–Crippen MR) is 89.0 cm³/mol. The molecule has 0 aliphatic heterocycles. The van der Waals surface area contributed by atoms with Crippen molar-refractivity contribution in [2.75, 3.05) is 7.11 Å². The van der Waals surface area contributed by atoms with Crippen LogP contribution in [0, 0.1) is 0 Å². The normalized spacial score (nSPS) is 12.3. The lowest BCUT2D eigenvalue weighted by atomic mass is 9.98. The van der Waals surface area contributed by atoms with Crippen LogP contribution in [0.3, 0.4) is 0 Å². The molecule has 2 aromatic carbocycles. The SMILES string of the molecule is C=Cc1ccc(C(O)c2c(OC)ccc3ccccc23)s1. The largest absolute Gasteiger partial charge is 0.496 e. The number of rotatable bonds is 4. The number of benzene rings is 2. The summed E-state index contributed by atoms with van der Waals surface area (Å²) in [4.78, 5) is 1.93. The molecule has 3 aromatic rings. The van der Waals surface area contributed by atoms with Crippen LogP contribution >= 0.6 is 11.3 Å². The van der Waals surface area contributed by atoms with Crippen LogP contribution in [0.5, 0.6) is 5.75 Å². The second-order valence-corrected chi connectivity index (χ2v) is 5.90. The van der Waals surface area contributed by atoms with Gasteiger partial charge in [-0.1, -0.05) is 43.0 Å². The van der Waals surface area contributed by atoms with E-state index in [4.69, 9.17) is 4.74 Å². The number of methoxy groups -OCH3 is 1. The minimum atomic E-state index is -0.704. The van der Waals surface area contributed by atoms with Gasteiger partial charge in [-0.3, -0.25) is 0 Å². The zero-order valence-corrected chi connectivity index (χ0v) is 12.6. The maximum absolute atomic E-state index is 10.8. The molecule has 0 fully saturated rings. The molecule has 2 nitrogen and oxygen atoms in total. The Morgan fingerprint density at radius 2 is 1.95 bits per heavy atom. The Morgan fingerprint density at radius 1 is 1.14 bits per heavy atom. The van der Waals surface area contributed by atoms with Gasteiger partial charge >= 0.3 is 0 Å². The molecule has 21 heavy (non-hydrogen) atoms. The van der Waals surface area contributed by atoms with Crippen molar-refractivity contribution in [3.05, 3.63) is 70.4 Å². The first-order valence-corrected chi connectivity index (χ1v) is 7.52. The molecule has 0 saturated heterocycles. The van der Waals surface area contributed by atoms with Gasteiger partial charge in [0.1, 0.15) is 11.9 Å². The van der Waals surface area contributed by atoms with E-state index in [0.29, 0.717) is 5.75 Å². The average Bonchev–Trinajstić information content (AvgIpc) is 3.02. The van der Waals surface area contributed by atoms with Crippen LogP contribution in [-0.2, 0) is 0 Å². The van der Waals surface area contributed by atoms with Crippen molar-refractivity contribution in [1.29, 1.82) is 0 Å². The number of aliphatic hydroxyl groups excluding tert-OH is 1. The van der Waals surface area contributed by atoms with E-state index in [9.17, 15) is 5.11 Å². The summed E-state index contributed by atoms with van der Waals surface area (Å²) >= 11 is 1.54. The zero-order valence-electron chi connectivity index (χ0n) is 11.7. The fourth-order valence-electron chi connectivity index (χ4n) is 2.50. The van der Waals surface area contributed by atoms with Crippen molar-refractivity contribution in [3.63, 3.8) is 0 Å². The summed E-state index contributed by atoms with van der Waals surface area (Å²) in [6.07, 6.45) is 1.09. The van der Waals surface area contributed by atoms with Crippen LogP contribution in [0.1, 0.15) is 21.4 Å². The van der Waals surface area contributed by atoms with E-state index in [1.165, 1.54) is 11.3 Å². The van der Waals surface area contributed by atoms with Crippen LogP contribution in [0.2, 0.25) is 0 Å². The molecule has 0 radical (unpaired) electrons. The molecule has 0 bridgehead atoms. The maximum Gasteiger partial charge on any atom is 0.125 e. The number of fused-ring (bicyclic) bond motifs is 1. The number of hydrogen-bond donors (Lipinski definition) is 1. The molecule has 0 aliphatic rings. The first-order valence-electron chi connectivity index (χ1n) is 6.70. The molecule has 0 saturated carbocycles. The number of ether oxygens (including phenoxy) is 1. The van der Waals surface area contributed by atoms with Gasteiger partial charge in [-0.15, -0.1) is 11.3 Å². The monoisotopic (exact) mass is 296 g/mol. The quantitative estimate of drug-likeness (QED) is 0.760. The first kappa shape index (κ1) is 13.9. The summed E-state index contributed by atoms with van der Waals surface area (Å²) < 4.78 is 5.45. The van der Waals surface area contributed by atoms with E-state index >= 15 is 0 Å². The third kappa shape index (κ3) is 2.46. The summed E-state index contributed by atoms with van der Waals surface area (Å²) in [7, 11) is 1.63.